The zero-order valence-electron chi connectivity index (χ0n) is 13.6. The molecule has 1 aliphatic carbocycles. The van der Waals surface area contributed by atoms with Crippen LogP contribution in [0, 0.1) is 6.92 Å². The van der Waals surface area contributed by atoms with Crippen LogP contribution in [0.25, 0.3) is 0 Å². The maximum atomic E-state index is 12.7. The molecule has 4 rings (SSSR count). The van der Waals surface area contributed by atoms with Crippen LogP contribution in [0.2, 0.25) is 0 Å². The molecule has 24 heavy (non-hydrogen) atoms. The predicted molar refractivity (Wildman–Crippen MR) is 87.5 cm³/mol. The molecule has 0 spiro atoms. The number of hydrogen-bond donors (Lipinski definition) is 1. The van der Waals surface area contributed by atoms with Gasteiger partial charge in [-0.3, -0.25) is 9.59 Å². The van der Waals surface area contributed by atoms with Crippen LogP contribution in [0.15, 0.2) is 28.7 Å². The topological polar surface area (TPSA) is 68.5 Å². The Labute approximate surface area is 140 Å². The van der Waals surface area contributed by atoms with Crippen LogP contribution in [-0.2, 0) is 6.42 Å². The third-order valence-corrected chi connectivity index (χ3v) is 4.78. The molecule has 0 radical (unpaired) electrons. The highest BCUT2D eigenvalue weighted by atomic mass is 16.5. The number of amides is 1. The first-order chi connectivity index (χ1) is 11.6. The van der Waals surface area contributed by atoms with Gasteiger partial charge in [-0.05, 0) is 19.4 Å². The Balaban J connectivity index is 1.61. The van der Waals surface area contributed by atoms with Crippen LogP contribution in [0.4, 0.5) is 0 Å². The average Bonchev–Trinajstić information content (AvgIpc) is 2.93. The van der Waals surface area contributed by atoms with Gasteiger partial charge in [0.05, 0.1) is 18.2 Å². The Morgan fingerprint density at radius 3 is 2.92 bits per heavy atom. The highest BCUT2D eigenvalue weighted by Gasteiger charge is 2.30. The number of carbonyl (C=O) groups excluding carboxylic acids is 2. The zero-order chi connectivity index (χ0) is 16.7. The van der Waals surface area contributed by atoms with Crippen molar-refractivity contribution in [3.63, 3.8) is 0 Å². The van der Waals surface area contributed by atoms with Crippen molar-refractivity contribution >= 4 is 11.7 Å². The number of furan rings is 1. The summed E-state index contributed by atoms with van der Waals surface area (Å²) in [6, 6.07) is 7.60. The normalized spacial score (nSPS) is 19.2. The van der Waals surface area contributed by atoms with E-state index < -0.39 is 0 Å². The van der Waals surface area contributed by atoms with Gasteiger partial charge in [-0.2, -0.15) is 0 Å². The summed E-state index contributed by atoms with van der Waals surface area (Å²) >= 11 is 0. The number of ether oxygens (including phenoxy) is 1. The van der Waals surface area contributed by atoms with E-state index in [-0.39, 0.29) is 23.5 Å². The lowest BCUT2D eigenvalue weighted by Crippen LogP contribution is -2.32. The fourth-order valence-electron chi connectivity index (χ4n) is 3.58. The smallest absolute Gasteiger partial charge is 0.287 e. The number of aryl methyl sites for hydroxylation is 1. The fraction of sp³-hybridized carbons (Fsp3) is 0.368. The average molecular weight is 325 g/mol. The fourth-order valence-corrected chi connectivity index (χ4v) is 3.58. The number of ketones is 1. The summed E-state index contributed by atoms with van der Waals surface area (Å²) in [6.07, 6.45) is 2.74. The Morgan fingerprint density at radius 1 is 1.25 bits per heavy atom. The number of para-hydroxylation sites is 1. The van der Waals surface area contributed by atoms with E-state index in [2.05, 4.69) is 5.32 Å². The summed E-state index contributed by atoms with van der Waals surface area (Å²) in [5.41, 5.74) is 2.24. The lowest BCUT2D eigenvalue weighted by atomic mass is 9.94. The largest absolute Gasteiger partial charge is 0.493 e. The number of carbonyl (C=O) groups is 2. The minimum atomic E-state index is -0.267. The Morgan fingerprint density at radius 2 is 2.08 bits per heavy atom. The first-order valence-electron chi connectivity index (χ1n) is 8.33. The van der Waals surface area contributed by atoms with E-state index in [0.29, 0.717) is 36.3 Å². The zero-order valence-corrected chi connectivity index (χ0v) is 13.6. The van der Waals surface area contributed by atoms with Gasteiger partial charge in [0.25, 0.3) is 5.91 Å². The maximum Gasteiger partial charge on any atom is 0.287 e. The van der Waals surface area contributed by atoms with Crippen LogP contribution >= 0.6 is 0 Å². The molecule has 1 atom stereocenters. The molecule has 0 fully saturated rings. The van der Waals surface area contributed by atoms with E-state index in [4.69, 9.17) is 9.15 Å². The standard InChI is InChI=1S/C19H19NO4/c1-11-17-14(21)6-4-8-16(17)24-18(11)19(22)20-13-9-10-23-15-7-3-2-5-12(13)15/h2-3,5,7,13H,4,6,8-10H2,1H3,(H,20,22)/t13-/m0/s1. The Kier molecular flexibility index (Phi) is 3.63. The Hall–Kier alpha value is -2.56. The molecule has 2 heterocycles. The molecule has 0 unspecified atom stereocenters. The van der Waals surface area contributed by atoms with Crippen molar-refractivity contribution in [2.75, 3.05) is 6.61 Å². The number of hydrogen-bond acceptors (Lipinski definition) is 4. The van der Waals surface area contributed by atoms with Gasteiger partial charge in [-0.25, -0.2) is 0 Å². The molecule has 1 amide bonds. The first kappa shape index (κ1) is 15.0. The molecule has 1 N–H and O–H groups in total. The third kappa shape index (κ3) is 2.40. The minimum absolute atomic E-state index is 0.0768. The second-order valence-electron chi connectivity index (χ2n) is 6.33. The van der Waals surface area contributed by atoms with Gasteiger partial charge in [-0.15, -0.1) is 0 Å². The molecule has 1 aromatic carbocycles. The van der Waals surface area contributed by atoms with Gasteiger partial charge in [-0.1, -0.05) is 18.2 Å². The molecule has 1 aromatic heterocycles. The predicted octanol–water partition coefficient (Wildman–Crippen LogP) is 3.36. The van der Waals surface area contributed by atoms with Crippen molar-refractivity contribution in [2.24, 2.45) is 0 Å². The number of nitrogens with one attached hydrogen (secondary N) is 1. The van der Waals surface area contributed by atoms with E-state index in [1.165, 1.54) is 0 Å². The number of Topliss-reactive ketones (excluding diaryl/α,β-unsaturated/α-hetero) is 1. The van der Waals surface area contributed by atoms with Crippen molar-refractivity contribution < 1.29 is 18.7 Å². The van der Waals surface area contributed by atoms with Gasteiger partial charge >= 0.3 is 0 Å². The quantitative estimate of drug-likeness (QED) is 0.919. The van der Waals surface area contributed by atoms with Crippen molar-refractivity contribution in [2.45, 2.75) is 38.6 Å². The third-order valence-electron chi connectivity index (χ3n) is 4.78. The van der Waals surface area contributed by atoms with Crippen molar-refractivity contribution in [1.29, 1.82) is 0 Å². The molecule has 1 aliphatic heterocycles. The molecular formula is C19H19NO4. The molecule has 2 aliphatic rings. The Bertz CT molecular complexity index is 821. The van der Waals surface area contributed by atoms with Crippen molar-refractivity contribution in [1.82, 2.24) is 5.32 Å². The molecule has 5 heteroatoms. The highest BCUT2D eigenvalue weighted by molar-refractivity contribution is 6.03. The number of fused-ring (bicyclic) bond motifs is 2. The van der Waals surface area contributed by atoms with Crippen LogP contribution in [0.5, 0.6) is 5.75 Å². The summed E-state index contributed by atoms with van der Waals surface area (Å²) in [5, 5.41) is 3.03. The molecule has 124 valence electrons. The summed E-state index contributed by atoms with van der Waals surface area (Å²) in [5.74, 6) is 1.53. The molecule has 0 bridgehead atoms. The van der Waals surface area contributed by atoms with Gasteiger partial charge in [0.2, 0.25) is 0 Å². The summed E-state index contributed by atoms with van der Waals surface area (Å²) in [6.45, 7) is 2.35. The van der Waals surface area contributed by atoms with Gasteiger partial charge in [0.1, 0.15) is 11.5 Å². The van der Waals surface area contributed by atoms with Crippen molar-refractivity contribution in [3.05, 3.63) is 52.5 Å². The van der Waals surface area contributed by atoms with Crippen LogP contribution < -0.4 is 10.1 Å². The SMILES string of the molecule is Cc1c(C(=O)N[C@H]2CCOc3ccccc32)oc2c1C(=O)CCC2. The molecule has 5 nitrogen and oxygen atoms in total. The second kappa shape index (κ2) is 5.82. The minimum Gasteiger partial charge on any atom is -0.493 e. The molecule has 0 saturated heterocycles. The van der Waals surface area contributed by atoms with E-state index in [9.17, 15) is 9.59 Å². The van der Waals surface area contributed by atoms with E-state index in [0.717, 1.165) is 24.2 Å². The number of benzene rings is 1. The van der Waals surface area contributed by atoms with Gasteiger partial charge in [0.15, 0.2) is 11.5 Å². The highest BCUT2D eigenvalue weighted by Crippen LogP contribution is 2.33. The van der Waals surface area contributed by atoms with E-state index in [1.807, 2.05) is 24.3 Å². The van der Waals surface area contributed by atoms with Crippen molar-refractivity contribution in [3.8, 4) is 5.75 Å². The molecule has 0 saturated carbocycles. The maximum absolute atomic E-state index is 12.7. The summed E-state index contributed by atoms with van der Waals surface area (Å²) in [4.78, 5) is 24.8. The van der Waals surface area contributed by atoms with Crippen LogP contribution in [0.1, 0.15) is 63.1 Å². The van der Waals surface area contributed by atoms with Gasteiger partial charge in [0, 0.05) is 30.4 Å². The number of rotatable bonds is 2. The molecular weight excluding hydrogens is 306 g/mol. The first-order valence-corrected chi connectivity index (χ1v) is 8.33. The lowest BCUT2D eigenvalue weighted by molar-refractivity contribution is 0.0891. The lowest BCUT2D eigenvalue weighted by Gasteiger charge is -2.26. The van der Waals surface area contributed by atoms with E-state index in [1.54, 1.807) is 6.92 Å². The van der Waals surface area contributed by atoms with E-state index >= 15 is 0 Å². The second-order valence-corrected chi connectivity index (χ2v) is 6.33. The van der Waals surface area contributed by atoms with Crippen LogP contribution in [0.3, 0.4) is 0 Å². The summed E-state index contributed by atoms with van der Waals surface area (Å²) in [7, 11) is 0. The van der Waals surface area contributed by atoms with Gasteiger partial charge < -0.3 is 14.5 Å². The summed E-state index contributed by atoms with van der Waals surface area (Å²) < 4.78 is 11.4. The van der Waals surface area contributed by atoms with Crippen LogP contribution in [-0.4, -0.2) is 18.3 Å². The monoisotopic (exact) mass is 325 g/mol. The molecule has 2 aromatic rings.